The van der Waals surface area contributed by atoms with Crippen LogP contribution in [0.4, 0.5) is 5.82 Å². The van der Waals surface area contributed by atoms with Gasteiger partial charge in [0.05, 0.1) is 21.0 Å². The second kappa shape index (κ2) is 7.76. The van der Waals surface area contributed by atoms with Crippen molar-refractivity contribution in [2.24, 2.45) is 0 Å². The van der Waals surface area contributed by atoms with Crippen LogP contribution in [-0.2, 0) is 11.2 Å². The summed E-state index contributed by atoms with van der Waals surface area (Å²) in [6.45, 7) is 6.26. The molecule has 30 heavy (non-hydrogen) atoms. The molecule has 1 aromatic carbocycles. The van der Waals surface area contributed by atoms with Crippen LogP contribution < -0.4 is 10.2 Å². The maximum atomic E-state index is 12.9. The number of ketones is 1. The number of piperazine rings is 1. The molecule has 7 heteroatoms. The Kier molecular flexibility index (Phi) is 5.09. The molecular formula is C23H23ClN4OS. The second-order valence-electron chi connectivity index (χ2n) is 8.17. The Morgan fingerprint density at radius 1 is 1.10 bits per heavy atom. The first-order chi connectivity index (χ1) is 14.5. The second-order valence-corrected chi connectivity index (χ2v) is 9.60. The molecule has 0 unspecified atom stereocenters. The number of aryl methyl sites for hydroxylation is 1. The molecule has 0 radical (unpaired) electrons. The van der Waals surface area contributed by atoms with Gasteiger partial charge in [-0.05, 0) is 56.2 Å². The molecule has 154 valence electrons. The summed E-state index contributed by atoms with van der Waals surface area (Å²) in [6, 6.07) is 10.7. The van der Waals surface area contributed by atoms with Gasteiger partial charge in [0.15, 0.2) is 5.78 Å². The number of benzene rings is 1. The number of rotatable bonds is 2. The van der Waals surface area contributed by atoms with Gasteiger partial charge >= 0.3 is 0 Å². The van der Waals surface area contributed by atoms with Gasteiger partial charge < -0.3 is 10.2 Å². The Bertz CT molecular complexity index is 1160. The zero-order valence-electron chi connectivity index (χ0n) is 17.0. The van der Waals surface area contributed by atoms with Crippen molar-refractivity contribution in [2.75, 3.05) is 18.0 Å². The highest BCUT2D eigenvalue weighted by Crippen LogP contribution is 2.35. The Morgan fingerprint density at radius 3 is 2.67 bits per heavy atom. The number of fused-ring (bicyclic) bond motifs is 2. The molecule has 0 bridgehead atoms. The number of thiazole rings is 1. The minimum absolute atomic E-state index is 0.106. The Morgan fingerprint density at radius 2 is 1.90 bits per heavy atom. The summed E-state index contributed by atoms with van der Waals surface area (Å²) in [5, 5.41) is 4.90. The number of carbonyl (C=O) groups excluding carboxylic acids is 1. The maximum absolute atomic E-state index is 12.9. The van der Waals surface area contributed by atoms with E-state index in [1.54, 1.807) is 0 Å². The predicted octanol–water partition coefficient (Wildman–Crippen LogP) is 4.59. The first kappa shape index (κ1) is 19.7. The van der Waals surface area contributed by atoms with Crippen molar-refractivity contribution in [3.8, 4) is 0 Å². The molecule has 3 aromatic rings. The molecule has 2 atom stereocenters. The number of para-hydroxylation sites is 1. The molecule has 1 N–H and O–H groups in total. The van der Waals surface area contributed by atoms with Crippen LogP contribution in [0.3, 0.4) is 0 Å². The molecule has 5 rings (SSSR count). The molecule has 2 aromatic heterocycles. The van der Waals surface area contributed by atoms with Crippen molar-refractivity contribution in [3.63, 3.8) is 0 Å². The third-order valence-corrected chi connectivity index (χ3v) is 7.02. The van der Waals surface area contributed by atoms with Crippen molar-refractivity contribution in [2.45, 2.75) is 38.8 Å². The summed E-state index contributed by atoms with van der Waals surface area (Å²) in [5.74, 6) is 1.10. The topological polar surface area (TPSA) is 58.1 Å². The first-order valence-corrected chi connectivity index (χ1v) is 11.5. The van der Waals surface area contributed by atoms with Gasteiger partial charge in [-0.3, -0.25) is 4.79 Å². The molecule has 1 aliphatic heterocycles. The molecular weight excluding hydrogens is 416 g/mol. The lowest BCUT2D eigenvalue weighted by molar-refractivity contribution is -0.113. The quantitative estimate of drug-likeness (QED) is 0.634. The molecule has 0 amide bonds. The fraction of sp³-hybridized carbons (Fsp3) is 0.348. The fourth-order valence-electron chi connectivity index (χ4n) is 4.34. The van der Waals surface area contributed by atoms with Gasteiger partial charge in [0, 0.05) is 31.6 Å². The number of nitrogens with one attached hydrogen (secondary N) is 1. The predicted molar refractivity (Wildman–Crippen MR) is 124 cm³/mol. The lowest BCUT2D eigenvalue weighted by Gasteiger charge is -2.37. The van der Waals surface area contributed by atoms with Crippen LogP contribution in [0.2, 0.25) is 5.02 Å². The Balaban J connectivity index is 1.52. The number of Topliss-reactive ketones (excluding diaryl/α,β-unsaturated/α-hetero) is 1. The van der Waals surface area contributed by atoms with E-state index in [2.05, 4.69) is 41.2 Å². The summed E-state index contributed by atoms with van der Waals surface area (Å²) < 4.78 is 0.992. The monoisotopic (exact) mass is 438 g/mol. The lowest BCUT2D eigenvalue weighted by Crippen LogP contribution is -2.54. The van der Waals surface area contributed by atoms with Crippen molar-refractivity contribution >= 4 is 56.4 Å². The number of hydrogen-bond donors (Lipinski definition) is 1. The highest BCUT2D eigenvalue weighted by molar-refractivity contribution is 7.20. The minimum Gasteiger partial charge on any atom is -0.354 e. The standard InChI is InChI=1S/C23H23ClN4OS/c1-13-11-28(12-14(2)25-13)21-9-6-15-10-16(19(29)8-7-18(15)26-21)23-27-22-17(24)4-3-5-20(22)30-23/h3-6,9-10,13-14,25H,7-8,11-12H2,1-2H3/t13-,14+. The van der Waals surface area contributed by atoms with Gasteiger partial charge in [-0.25, -0.2) is 9.97 Å². The van der Waals surface area contributed by atoms with Gasteiger partial charge in [-0.1, -0.05) is 17.7 Å². The first-order valence-electron chi connectivity index (χ1n) is 10.3. The average Bonchev–Trinajstić information content (AvgIpc) is 3.08. The van der Waals surface area contributed by atoms with Crippen LogP contribution >= 0.6 is 22.9 Å². The highest BCUT2D eigenvalue weighted by Gasteiger charge is 2.25. The molecule has 1 fully saturated rings. The number of carbonyl (C=O) groups is 1. The van der Waals surface area contributed by atoms with Crippen molar-refractivity contribution in [1.29, 1.82) is 0 Å². The van der Waals surface area contributed by atoms with Gasteiger partial charge in [-0.15, -0.1) is 11.3 Å². The Labute approximate surface area is 184 Å². The summed E-state index contributed by atoms with van der Waals surface area (Å²) in [5.41, 5.74) is 3.40. The van der Waals surface area contributed by atoms with Gasteiger partial charge in [0.2, 0.25) is 0 Å². The molecule has 5 nitrogen and oxygen atoms in total. The number of pyridine rings is 1. The molecule has 0 saturated carbocycles. The van der Waals surface area contributed by atoms with E-state index < -0.39 is 0 Å². The summed E-state index contributed by atoms with van der Waals surface area (Å²) in [4.78, 5) is 24.9. The van der Waals surface area contributed by atoms with E-state index in [1.165, 1.54) is 11.3 Å². The largest absolute Gasteiger partial charge is 0.354 e. The van der Waals surface area contributed by atoms with E-state index >= 15 is 0 Å². The zero-order valence-corrected chi connectivity index (χ0v) is 18.6. The van der Waals surface area contributed by atoms with E-state index in [0.717, 1.165) is 45.4 Å². The Hall–Kier alpha value is -2.28. The number of allylic oxidation sites excluding steroid dienone is 1. The van der Waals surface area contributed by atoms with Crippen molar-refractivity contribution in [3.05, 3.63) is 51.6 Å². The molecule has 0 spiro atoms. The number of hydrogen-bond acceptors (Lipinski definition) is 6. The zero-order chi connectivity index (χ0) is 20.8. The van der Waals surface area contributed by atoms with Gasteiger partial charge in [0.1, 0.15) is 16.3 Å². The minimum atomic E-state index is 0.106. The number of nitrogens with zero attached hydrogens (tertiary/aromatic N) is 3. The van der Waals surface area contributed by atoms with Crippen LogP contribution in [-0.4, -0.2) is 40.9 Å². The smallest absolute Gasteiger partial charge is 0.166 e. The fourth-order valence-corrected chi connectivity index (χ4v) is 5.64. The van der Waals surface area contributed by atoms with Crippen LogP contribution in [0.15, 0.2) is 30.3 Å². The third kappa shape index (κ3) is 3.64. The number of aromatic nitrogens is 2. The maximum Gasteiger partial charge on any atom is 0.166 e. The average molecular weight is 439 g/mol. The third-order valence-electron chi connectivity index (χ3n) is 5.67. The number of halogens is 1. The van der Waals surface area contributed by atoms with Crippen LogP contribution in [0.1, 0.15) is 36.5 Å². The van der Waals surface area contributed by atoms with Gasteiger partial charge in [0.25, 0.3) is 0 Å². The van der Waals surface area contributed by atoms with Crippen molar-refractivity contribution in [1.82, 2.24) is 15.3 Å². The van der Waals surface area contributed by atoms with Crippen LogP contribution in [0, 0.1) is 0 Å². The summed E-state index contributed by atoms with van der Waals surface area (Å²) >= 11 is 7.80. The van der Waals surface area contributed by atoms with Crippen molar-refractivity contribution < 1.29 is 4.79 Å². The summed E-state index contributed by atoms with van der Waals surface area (Å²) in [7, 11) is 0. The van der Waals surface area contributed by atoms with E-state index in [0.29, 0.717) is 35.5 Å². The van der Waals surface area contributed by atoms with E-state index in [-0.39, 0.29) is 5.78 Å². The normalized spacial score (nSPS) is 22.0. The van der Waals surface area contributed by atoms with Gasteiger partial charge in [-0.2, -0.15) is 0 Å². The van der Waals surface area contributed by atoms with Crippen LogP contribution in [0.25, 0.3) is 21.9 Å². The van der Waals surface area contributed by atoms with E-state index in [1.807, 2.05) is 24.3 Å². The SMILES string of the molecule is C[C@@H]1CN(c2ccc3c(n2)CCC(=O)C(c2nc4c(Cl)cccc4s2)=C3)C[C@H](C)N1. The molecule has 3 heterocycles. The number of anilines is 1. The van der Waals surface area contributed by atoms with E-state index in [9.17, 15) is 4.79 Å². The molecule has 1 aliphatic carbocycles. The molecule has 2 aliphatic rings. The summed E-state index contributed by atoms with van der Waals surface area (Å²) in [6.07, 6.45) is 3.04. The lowest BCUT2D eigenvalue weighted by atomic mass is 10.1. The highest BCUT2D eigenvalue weighted by atomic mass is 35.5. The van der Waals surface area contributed by atoms with Crippen LogP contribution in [0.5, 0.6) is 0 Å². The molecule has 1 saturated heterocycles. The van der Waals surface area contributed by atoms with E-state index in [4.69, 9.17) is 16.6 Å².